The minimum absolute atomic E-state index is 0.201. The van der Waals surface area contributed by atoms with Crippen molar-refractivity contribution in [3.05, 3.63) is 23.2 Å². The van der Waals surface area contributed by atoms with E-state index in [0.29, 0.717) is 22.6 Å². The molecule has 1 aromatic carbocycles. The first-order valence-electron chi connectivity index (χ1n) is 6.71. The summed E-state index contributed by atoms with van der Waals surface area (Å²) in [5.74, 6) is 0.677. The molecule has 3 atom stereocenters. The molecule has 3 heterocycles. The maximum atomic E-state index is 6.26. The summed E-state index contributed by atoms with van der Waals surface area (Å²) in [7, 11) is 0. The largest absolute Gasteiger partial charge is 0.399 e. The third-order valence-electron chi connectivity index (χ3n) is 4.11. The Morgan fingerprint density at radius 1 is 1.35 bits per heavy atom. The van der Waals surface area contributed by atoms with Crippen LogP contribution in [0.5, 0.6) is 0 Å². The summed E-state index contributed by atoms with van der Waals surface area (Å²) < 4.78 is 7.73. The van der Waals surface area contributed by atoms with Gasteiger partial charge in [0.05, 0.1) is 23.3 Å². The van der Waals surface area contributed by atoms with Crippen molar-refractivity contribution in [1.82, 2.24) is 20.2 Å². The first kappa shape index (κ1) is 12.1. The number of hydrogen-bond donors (Lipinski definition) is 1. The molecular formula is C13H14ClN5O. The van der Waals surface area contributed by atoms with Gasteiger partial charge in [-0.3, -0.25) is 0 Å². The van der Waals surface area contributed by atoms with E-state index < -0.39 is 0 Å². The monoisotopic (exact) mass is 291 g/mol. The van der Waals surface area contributed by atoms with Crippen molar-refractivity contribution in [2.24, 2.45) is 0 Å². The molecule has 6 nitrogen and oxygen atoms in total. The first-order chi connectivity index (χ1) is 9.72. The standard InChI is InChI=1S/C13H14ClN5O/c14-10-5-7(15)1-3-9(10)13-16-17-18-19(13)11-6-8-2-4-12(11)20-8/h1,3,5,8,11-12H,2,4,6,15H2. The number of benzene rings is 1. The molecule has 0 radical (unpaired) electrons. The van der Waals surface area contributed by atoms with Crippen molar-refractivity contribution in [3.63, 3.8) is 0 Å². The van der Waals surface area contributed by atoms with E-state index in [9.17, 15) is 0 Å². The van der Waals surface area contributed by atoms with E-state index in [1.165, 1.54) is 0 Å². The molecule has 0 saturated carbocycles. The van der Waals surface area contributed by atoms with Crippen LogP contribution in [0.2, 0.25) is 5.02 Å². The number of rotatable bonds is 2. The van der Waals surface area contributed by atoms with Crippen LogP contribution in [-0.2, 0) is 4.74 Å². The number of hydrogen-bond acceptors (Lipinski definition) is 5. The lowest BCUT2D eigenvalue weighted by Gasteiger charge is -2.19. The highest BCUT2D eigenvalue weighted by Gasteiger charge is 2.43. The van der Waals surface area contributed by atoms with Gasteiger partial charge in [-0.2, -0.15) is 0 Å². The van der Waals surface area contributed by atoms with E-state index in [-0.39, 0.29) is 12.1 Å². The maximum absolute atomic E-state index is 6.26. The van der Waals surface area contributed by atoms with Crippen LogP contribution >= 0.6 is 11.6 Å². The minimum Gasteiger partial charge on any atom is -0.399 e. The third kappa shape index (κ3) is 1.79. The van der Waals surface area contributed by atoms with Crippen LogP contribution in [0, 0.1) is 0 Å². The molecule has 7 heteroatoms. The van der Waals surface area contributed by atoms with Gasteiger partial charge in [0.25, 0.3) is 0 Å². The summed E-state index contributed by atoms with van der Waals surface area (Å²) in [5.41, 5.74) is 7.15. The average molecular weight is 292 g/mol. The second kappa shape index (κ2) is 4.43. The number of nitrogens with two attached hydrogens (primary N) is 1. The molecule has 0 spiro atoms. The summed E-state index contributed by atoms with van der Waals surface area (Å²) in [5, 5.41) is 12.6. The number of fused-ring (bicyclic) bond motifs is 2. The number of ether oxygens (including phenoxy) is 1. The Balaban J connectivity index is 1.75. The number of aromatic nitrogens is 4. The Morgan fingerprint density at radius 2 is 2.25 bits per heavy atom. The molecule has 2 aromatic rings. The van der Waals surface area contributed by atoms with Gasteiger partial charge in [-0.15, -0.1) is 5.10 Å². The number of tetrazole rings is 1. The molecule has 2 aliphatic rings. The topological polar surface area (TPSA) is 78.9 Å². The van der Waals surface area contributed by atoms with E-state index in [4.69, 9.17) is 22.1 Å². The van der Waals surface area contributed by atoms with Gasteiger partial charge in [0, 0.05) is 11.3 Å². The molecular weight excluding hydrogens is 278 g/mol. The van der Waals surface area contributed by atoms with Crippen molar-refractivity contribution in [1.29, 1.82) is 0 Å². The fraction of sp³-hybridized carbons (Fsp3) is 0.462. The molecule has 104 valence electrons. The van der Waals surface area contributed by atoms with Crippen molar-refractivity contribution >= 4 is 17.3 Å². The van der Waals surface area contributed by atoms with Crippen LogP contribution in [0.3, 0.4) is 0 Å². The summed E-state index contributed by atoms with van der Waals surface area (Å²) in [6.07, 6.45) is 3.75. The van der Waals surface area contributed by atoms with Gasteiger partial charge in [-0.05, 0) is 47.9 Å². The predicted molar refractivity (Wildman–Crippen MR) is 74.2 cm³/mol. The van der Waals surface area contributed by atoms with E-state index in [2.05, 4.69) is 15.5 Å². The zero-order chi connectivity index (χ0) is 13.7. The van der Waals surface area contributed by atoms with Crippen molar-refractivity contribution in [3.8, 4) is 11.4 Å². The Hall–Kier alpha value is -1.66. The van der Waals surface area contributed by atoms with Crippen LogP contribution in [0.4, 0.5) is 5.69 Å². The number of nitrogen functional groups attached to an aromatic ring is 1. The maximum Gasteiger partial charge on any atom is 0.183 e. The summed E-state index contributed by atoms with van der Waals surface area (Å²) >= 11 is 6.26. The molecule has 2 saturated heterocycles. The van der Waals surface area contributed by atoms with Crippen LogP contribution < -0.4 is 5.73 Å². The average Bonchev–Trinajstić information content (AvgIpc) is 3.14. The number of nitrogens with zero attached hydrogens (tertiary/aromatic N) is 4. The summed E-state index contributed by atoms with van der Waals surface area (Å²) in [6, 6.07) is 5.57. The fourth-order valence-corrected chi connectivity index (χ4v) is 3.45. The van der Waals surface area contributed by atoms with Crippen LogP contribution in [0.15, 0.2) is 18.2 Å². The van der Waals surface area contributed by atoms with Crippen molar-refractivity contribution in [2.45, 2.75) is 37.5 Å². The van der Waals surface area contributed by atoms with E-state index >= 15 is 0 Å². The minimum atomic E-state index is 0.201. The van der Waals surface area contributed by atoms with Gasteiger partial charge in [0.15, 0.2) is 5.82 Å². The van der Waals surface area contributed by atoms with Gasteiger partial charge in [0.1, 0.15) is 0 Å². The third-order valence-corrected chi connectivity index (χ3v) is 4.43. The molecule has 2 aliphatic heterocycles. The summed E-state index contributed by atoms with van der Waals surface area (Å²) in [6.45, 7) is 0. The number of anilines is 1. The van der Waals surface area contributed by atoms with Gasteiger partial charge in [-0.1, -0.05) is 11.6 Å². The fourth-order valence-electron chi connectivity index (χ4n) is 3.18. The molecule has 2 bridgehead atoms. The highest BCUT2D eigenvalue weighted by Crippen LogP contribution is 2.42. The SMILES string of the molecule is Nc1ccc(-c2nnnn2C2CC3CCC2O3)c(Cl)c1. The van der Waals surface area contributed by atoms with E-state index in [1.54, 1.807) is 12.1 Å². The second-order valence-electron chi connectivity index (χ2n) is 5.36. The summed E-state index contributed by atoms with van der Waals surface area (Å²) in [4.78, 5) is 0. The van der Waals surface area contributed by atoms with Gasteiger partial charge < -0.3 is 10.5 Å². The molecule has 0 aliphatic carbocycles. The van der Waals surface area contributed by atoms with E-state index in [0.717, 1.165) is 24.8 Å². The Bertz CT molecular complexity index is 658. The molecule has 0 amide bonds. The van der Waals surface area contributed by atoms with Crippen molar-refractivity contribution < 1.29 is 4.74 Å². The molecule has 2 fully saturated rings. The van der Waals surface area contributed by atoms with Crippen LogP contribution in [0.25, 0.3) is 11.4 Å². The zero-order valence-electron chi connectivity index (χ0n) is 10.7. The van der Waals surface area contributed by atoms with Gasteiger partial charge in [-0.25, -0.2) is 4.68 Å². The molecule has 4 rings (SSSR count). The Morgan fingerprint density at radius 3 is 2.95 bits per heavy atom. The smallest absolute Gasteiger partial charge is 0.183 e. The molecule has 2 N–H and O–H groups in total. The first-order valence-corrected chi connectivity index (χ1v) is 7.09. The lowest BCUT2D eigenvalue weighted by molar-refractivity contribution is 0.0922. The van der Waals surface area contributed by atoms with E-state index in [1.807, 2.05) is 10.7 Å². The second-order valence-corrected chi connectivity index (χ2v) is 5.77. The quantitative estimate of drug-likeness (QED) is 0.857. The zero-order valence-corrected chi connectivity index (χ0v) is 11.5. The van der Waals surface area contributed by atoms with Crippen LogP contribution in [0.1, 0.15) is 25.3 Å². The molecule has 20 heavy (non-hydrogen) atoms. The Labute approximate surface area is 120 Å². The highest BCUT2D eigenvalue weighted by molar-refractivity contribution is 6.33. The normalized spacial score (nSPS) is 28.1. The lowest BCUT2D eigenvalue weighted by atomic mass is 9.95. The number of halogens is 1. The highest BCUT2D eigenvalue weighted by atomic mass is 35.5. The molecule has 1 aromatic heterocycles. The lowest BCUT2D eigenvalue weighted by Crippen LogP contribution is -2.22. The van der Waals surface area contributed by atoms with Crippen LogP contribution in [-0.4, -0.2) is 32.4 Å². The Kier molecular flexibility index (Phi) is 2.68. The predicted octanol–water partition coefficient (Wildman–Crippen LogP) is 2.07. The molecule has 3 unspecified atom stereocenters. The van der Waals surface area contributed by atoms with Gasteiger partial charge in [0.2, 0.25) is 0 Å². The van der Waals surface area contributed by atoms with Gasteiger partial charge >= 0.3 is 0 Å². The van der Waals surface area contributed by atoms with Crippen molar-refractivity contribution in [2.75, 3.05) is 5.73 Å².